The molecule has 1 aliphatic carbocycles. The molecule has 3 nitrogen and oxygen atoms in total. The van der Waals surface area contributed by atoms with E-state index in [1.807, 2.05) is 0 Å². The Labute approximate surface area is 86.2 Å². The minimum Gasteiger partial charge on any atom is -0.403 e. The quantitative estimate of drug-likeness (QED) is 0.634. The Hall–Kier alpha value is -0.0551. The average molecular weight is 198 g/mol. The van der Waals surface area contributed by atoms with E-state index in [0.29, 0.717) is 11.9 Å². The Morgan fingerprint density at radius 1 is 1.14 bits per heavy atom. The molecule has 14 heavy (non-hydrogen) atoms. The second-order valence-corrected chi connectivity index (χ2v) is 5.30. The van der Waals surface area contributed by atoms with E-state index >= 15 is 0 Å². The van der Waals surface area contributed by atoms with Crippen LogP contribution in [0.4, 0.5) is 0 Å². The molecule has 0 bridgehead atoms. The Kier molecular flexibility index (Phi) is 2.22. The number of hydrogen-bond donors (Lipinski definition) is 0. The average Bonchev–Trinajstić information content (AvgIpc) is 2.75. The number of hydrogen-bond acceptors (Lipinski definition) is 3. The molecule has 0 aromatic heterocycles. The van der Waals surface area contributed by atoms with Gasteiger partial charge in [-0.15, -0.1) is 0 Å². The molecule has 0 spiro atoms. The van der Waals surface area contributed by atoms with Gasteiger partial charge < -0.3 is 14.0 Å². The first-order valence-electron chi connectivity index (χ1n) is 5.26. The summed E-state index contributed by atoms with van der Waals surface area (Å²) >= 11 is 0. The Morgan fingerprint density at radius 3 is 2.00 bits per heavy atom. The van der Waals surface area contributed by atoms with Gasteiger partial charge in [0.1, 0.15) is 0 Å². The van der Waals surface area contributed by atoms with Crippen molar-refractivity contribution in [3.8, 4) is 0 Å². The van der Waals surface area contributed by atoms with Gasteiger partial charge >= 0.3 is 7.12 Å². The Morgan fingerprint density at radius 2 is 1.64 bits per heavy atom. The van der Waals surface area contributed by atoms with Crippen molar-refractivity contribution in [2.75, 3.05) is 7.11 Å². The molecule has 0 N–H and O–H groups in total. The van der Waals surface area contributed by atoms with E-state index in [2.05, 4.69) is 27.7 Å². The summed E-state index contributed by atoms with van der Waals surface area (Å²) in [6.45, 7) is 8.32. The maximum atomic E-state index is 5.92. The molecule has 1 heterocycles. The van der Waals surface area contributed by atoms with E-state index < -0.39 is 0 Å². The molecule has 1 saturated heterocycles. The highest BCUT2D eigenvalue weighted by Crippen LogP contribution is 2.49. The van der Waals surface area contributed by atoms with Crippen LogP contribution in [0.3, 0.4) is 0 Å². The summed E-state index contributed by atoms with van der Waals surface area (Å²) in [5.74, 6) is 0.432. The minimum absolute atomic E-state index is 0.0788. The summed E-state index contributed by atoms with van der Waals surface area (Å²) in [5.41, 5.74) is -0.420. The molecule has 2 rings (SSSR count). The first kappa shape index (κ1) is 10.5. The lowest BCUT2D eigenvalue weighted by atomic mass is 9.82. The van der Waals surface area contributed by atoms with Gasteiger partial charge in [-0.1, -0.05) is 0 Å². The normalized spacial score (nSPS) is 38.8. The molecule has 2 aliphatic rings. The van der Waals surface area contributed by atoms with Crippen LogP contribution in [0.5, 0.6) is 0 Å². The van der Waals surface area contributed by atoms with Gasteiger partial charge in [-0.2, -0.15) is 0 Å². The molecule has 80 valence electrons. The van der Waals surface area contributed by atoms with E-state index in [0.717, 1.165) is 6.42 Å². The fourth-order valence-electron chi connectivity index (χ4n) is 1.81. The molecule has 0 radical (unpaired) electrons. The van der Waals surface area contributed by atoms with Gasteiger partial charge in [0.05, 0.1) is 17.3 Å². The van der Waals surface area contributed by atoms with E-state index in [4.69, 9.17) is 14.0 Å². The first-order chi connectivity index (χ1) is 6.37. The molecule has 4 heteroatoms. The maximum absolute atomic E-state index is 5.92. The summed E-state index contributed by atoms with van der Waals surface area (Å²) in [6.07, 6.45) is 1.40. The highest BCUT2D eigenvalue weighted by atomic mass is 16.7. The fourth-order valence-corrected chi connectivity index (χ4v) is 1.81. The third-order valence-corrected chi connectivity index (χ3v) is 3.70. The van der Waals surface area contributed by atoms with Crippen molar-refractivity contribution in [1.29, 1.82) is 0 Å². The zero-order valence-electron chi connectivity index (χ0n) is 9.66. The van der Waals surface area contributed by atoms with Crippen molar-refractivity contribution in [2.45, 2.75) is 57.2 Å². The lowest BCUT2D eigenvalue weighted by Gasteiger charge is -2.32. The van der Waals surface area contributed by atoms with Gasteiger partial charge in [0.25, 0.3) is 0 Å². The predicted molar refractivity (Wildman–Crippen MR) is 55.2 cm³/mol. The monoisotopic (exact) mass is 198 g/mol. The summed E-state index contributed by atoms with van der Waals surface area (Å²) in [6, 6.07) is 0. The molecule has 1 aliphatic heterocycles. The van der Waals surface area contributed by atoms with E-state index in [-0.39, 0.29) is 18.3 Å². The molecule has 0 aromatic carbocycles. The highest BCUT2D eigenvalue weighted by molar-refractivity contribution is 6.49. The van der Waals surface area contributed by atoms with Gasteiger partial charge in [0.2, 0.25) is 0 Å². The third-order valence-electron chi connectivity index (χ3n) is 3.70. The lowest BCUT2D eigenvalue weighted by Crippen LogP contribution is -2.41. The SMILES string of the molecule is CO[C@@H]1C[C@H]1B1OC(C)(C)C(C)(C)O1. The summed E-state index contributed by atoms with van der Waals surface area (Å²) < 4.78 is 17.1. The molecule has 2 fully saturated rings. The fraction of sp³-hybridized carbons (Fsp3) is 1.00. The molecule has 0 amide bonds. The van der Waals surface area contributed by atoms with Crippen LogP contribution < -0.4 is 0 Å². The highest BCUT2D eigenvalue weighted by Gasteiger charge is 2.59. The molecule has 1 saturated carbocycles. The molecular formula is C10H19BO3. The van der Waals surface area contributed by atoms with E-state index in [1.54, 1.807) is 7.11 Å². The number of rotatable bonds is 2. The second-order valence-electron chi connectivity index (χ2n) is 5.30. The smallest absolute Gasteiger partial charge is 0.403 e. The van der Waals surface area contributed by atoms with Crippen LogP contribution >= 0.6 is 0 Å². The van der Waals surface area contributed by atoms with Crippen LogP contribution in [0.25, 0.3) is 0 Å². The molecular weight excluding hydrogens is 179 g/mol. The van der Waals surface area contributed by atoms with Crippen LogP contribution in [-0.2, 0) is 14.0 Å². The van der Waals surface area contributed by atoms with Crippen LogP contribution in [-0.4, -0.2) is 31.5 Å². The van der Waals surface area contributed by atoms with E-state index in [9.17, 15) is 0 Å². The number of ether oxygens (including phenoxy) is 1. The zero-order valence-corrected chi connectivity index (χ0v) is 9.66. The van der Waals surface area contributed by atoms with Crippen LogP contribution in [0.15, 0.2) is 0 Å². The number of methoxy groups -OCH3 is 1. The van der Waals surface area contributed by atoms with Gasteiger partial charge in [-0.25, -0.2) is 0 Å². The van der Waals surface area contributed by atoms with Crippen molar-refractivity contribution >= 4 is 7.12 Å². The van der Waals surface area contributed by atoms with Crippen molar-refractivity contribution in [3.63, 3.8) is 0 Å². The van der Waals surface area contributed by atoms with Crippen LogP contribution in [0.1, 0.15) is 34.1 Å². The van der Waals surface area contributed by atoms with E-state index in [1.165, 1.54) is 0 Å². The van der Waals surface area contributed by atoms with Gasteiger partial charge in [-0.3, -0.25) is 0 Å². The van der Waals surface area contributed by atoms with Gasteiger partial charge in [-0.05, 0) is 34.1 Å². The van der Waals surface area contributed by atoms with Crippen molar-refractivity contribution < 1.29 is 14.0 Å². The zero-order chi connectivity index (χ0) is 10.6. The van der Waals surface area contributed by atoms with Crippen LogP contribution in [0.2, 0.25) is 5.82 Å². The Balaban J connectivity index is 2.01. The Bertz CT molecular complexity index is 224. The van der Waals surface area contributed by atoms with Crippen LogP contribution in [0, 0.1) is 0 Å². The van der Waals surface area contributed by atoms with Crippen molar-refractivity contribution in [2.24, 2.45) is 0 Å². The molecule has 0 aromatic rings. The summed E-state index contributed by atoms with van der Waals surface area (Å²) in [7, 11) is 1.67. The largest absolute Gasteiger partial charge is 0.463 e. The maximum Gasteiger partial charge on any atom is 0.463 e. The standard InChI is InChI=1S/C10H19BO3/c1-9(2)10(3,4)14-11(13-9)7-6-8(7)12-5/h7-8H,6H2,1-5H3/t7-,8-/m1/s1. The summed E-state index contributed by atoms with van der Waals surface area (Å²) in [5, 5.41) is 0. The van der Waals surface area contributed by atoms with Crippen molar-refractivity contribution in [3.05, 3.63) is 0 Å². The second kappa shape index (κ2) is 2.97. The first-order valence-corrected chi connectivity index (χ1v) is 5.26. The van der Waals surface area contributed by atoms with Gasteiger partial charge in [0.15, 0.2) is 0 Å². The summed E-state index contributed by atoms with van der Waals surface area (Å²) in [4.78, 5) is 0. The third kappa shape index (κ3) is 1.49. The molecule has 0 unspecified atom stereocenters. The van der Waals surface area contributed by atoms with Crippen molar-refractivity contribution in [1.82, 2.24) is 0 Å². The van der Waals surface area contributed by atoms with Gasteiger partial charge in [0, 0.05) is 12.9 Å². The topological polar surface area (TPSA) is 27.7 Å². The lowest BCUT2D eigenvalue weighted by molar-refractivity contribution is 0.00578. The minimum atomic E-state index is -0.210. The molecule has 2 atom stereocenters. The predicted octanol–water partition coefficient (Wildman–Crippen LogP) is 1.87.